The Morgan fingerprint density at radius 2 is 1.81 bits per heavy atom. The first-order chi connectivity index (χ1) is 10.1. The zero-order valence-electron chi connectivity index (χ0n) is 10.9. The summed E-state index contributed by atoms with van der Waals surface area (Å²) in [7, 11) is 0. The zero-order valence-corrected chi connectivity index (χ0v) is 10.9. The molecule has 21 heavy (non-hydrogen) atoms. The molecule has 0 bridgehead atoms. The summed E-state index contributed by atoms with van der Waals surface area (Å²) < 4.78 is 26.9. The standard InChI is InChI=1S/C14H12F2N4O/c15-9-2-1-3-10(16)13(9)18-14(21)11-6-7-12(20-19-11)17-8-4-5-8/h1-3,6-8H,4-5H2,(H,17,20)(H,18,21). The molecule has 1 aliphatic rings. The summed E-state index contributed by atoms with van der Waals surface area (Å²) in [5.41, 5.74) is -0.511. The molecule has 0 unspecified atom stereocenters. The number of benzene rings is 1. The number of halogens is 2. The van der Waals surface area contributed by atoms with Crippen molar-refractivity contribution in [3.8, 4) is 0 Å². The van der Waals surface area contributed by atoms with E-state index in [1.807, 2.05) is 0 Å². The van der Waals surface area contributed by atoms with E-state index in [-0.39, 0.29) is 5.69 Å². The molecule has 1 aliphatic carbocycles. The smallest absolute Gasteiger partial charge is 0.276 e. The molecule has 1 aromatic carbocycles. The lowest BCUT2D eigenvalue weighted by Gasteiger charge is -2.07. The minimum absolute atomic E-state index is 0.0148. The van der Waals surface area contributed by atoms with E-state index in [1.54, 1.807) is 6.07 Å². The van der Waals surface area contributed by atoms with Crippen molar-refractivity contribution in [3.63, 3.8) is 0 Å². The van der Waals surface area contributed by atoms with Gasteiger partial charge in [0.15, 0.2) is 5.69 Å². The Balaban J connectivity index is 1.72. The van der Waals surface area contributed by atoms with Gasteiger partial charge in [-0.05, 0) is 37.1 Å². The molecule has 1 heterocycles. The summed E-state index contributed by atoms with van der Waals surface area (Å²) in [5.74, 6) is -1.83. The monoisotopic (exact) mass is 290 g/mol. The van der Waals surface area contributed by atoms with Crippen LogP contribution in [0.4, 0.5) is 20.3 Å². The Kier molecular flexibility index (Phi) is 3.47. The fraction of sp³-hybridized carbons (Fsp3) is 0.214. The first-order valence-corrected chi connectivity index (χ1v) is 6.49. The Morgan fingerprint density at radius 1 is 1.10 bits per heavy atom. The maximum atomic E-state index is 13.4. The maximum absolute atomic E-state index is 13.4. The van der Waals surface area contributed by atoms with Gasteiger partial charge >= 0.3 is 0 Å². The minimum atomic E-state index is -0.844. The van der Waals surface area contributed by atoms with E-state index in [0.29, 0.717) is 11.9 Å². The van der Waals surface area contributed by atoms with Gasteiger partial charge in [-0.15, -0.1) is 10.2 Å². The largest absolute Gasteiger partial charge is 0.366 e. The third-order valence-corrected chi connectivity index (χ3v) is 3.03. The van der Waals surface area contributed by atoms with Crippen LogP contribution in [0.2, 0.25) is 0 Å². The lowest BCUT2D eigenvalue weighted by atomic mass is 10.2. The number of nitrogens with zero attached hydrogens (tertiary/aromatic N) is 2. The molecule has 0 saturated heterocycles. The maximum Gasteiger partial charge on any atom is 0.276 e. The molecule has 0 aliphatic heterocycles. The molecule has 1 saturated carbocycles. The van der Waals surface area contributed by atoms with Gasteiger partial charge in [0, 0.05) is 6.04 Å². The number of hydrogen-bond acceptors (Lipinski definition) is 4. The number of nitrogens with one attached hydrogen (secondary N) is 2. The van der Waals surface area contributed by atoms with Crippen molar-refractivity contribution in [3.05, 3.63) is 47.7 Å². The van der Waals surface area contributed by atoms with Crippen molar-refractivity contribution >= 4 is 17.4 Å². The van der Waals surface area contributed by atoms with Crippen LogP contribution >= 0.6 is 0 Å². The number of rotatable bonds is 4. The van der Waals surface area contributed by atoms with Crippen LogP contribution in [0.5, 0.6) is 0 Å². The molecule has 2 aromatic rings. The Hall–Kier alpha value is -2.57. The first kappa shape index (κ1) is 13.4. The van der Waals surface area contributed by atoms with E-state index in [0.717, 1.165) is 25.0 Å². The molecule has 3 rings (SSSR count). The molecule has 2 N–H and O–H groups in total. The van der Waals surface area contributed by atoms with E-state index in [2.05, 4.69) is 20.8 Å². The van der Waals surface area contributed by atoms with Crippen molar-refractivity contribution in [2.75, 3.05) is 10.6 Å². The molecule has 5 nitrogen and oxygen atoms in total. The fourth-order valence-electron chi connectivity index (χ4n) is 1.76. The molecule has 0 atom stereocenters. The predicted octanol–water partition coefficient (Wildman–Crippen LogP) is 2.58. The van der Waals surface area contributed by atoms with Gasteiger partial charge in [0.2, 0.25) is 0 Å². The van der Waals surface area contributed by atoms with Gasteiger partial charge in [-0.1, -0.05) is 6.07 Å². The van der Waals surface area contributed by atoms with Gasteiger partial charge in [0.1, 0.15) is 23.1 Å². The van der Waals surface area contributed by atoms with Crippen molar-refractivity contribution in [2.24, 2.45) is 0 Å². The van der Waals surface area contributed by atoms with Crippen LogP contribution in [0.25, 0.3) is 0 Å². The van der Waals surface area contributed by atoms with Crippen molar-refractivity contribution in [1.29, 1.82) is 0 Å². The third kappa shape index (κ3) is 3.13. The topological polar surface area (TPSA) is 66.9 Å². The molecule has 108 valence electrons. The van der Waals surface area contributed by atoms with Crippen LogP contribution < -0.4 is 10.6 Å². The molecular formula is C14H12F2N4O. The Bertz CT molecular complexity index is 651. The Labute approximate surface area is 119 Å². The average Bonchev–Trinajstić information content (AvgIpc) is 3.28. The normalized spacial score (nSPS) is 13.8. The summed E-state index contributed by atoms with van der Waals surface area (Å²) in [6, 6.07) is 6.83. The predicted molar refractivity (Wildman–Crippen MR) is 73.0 cm³/mol. The molecule has 1 amide bonds. The van der Waals surface area contributed by atoms with Crippen LogP contribution in [0.15, 0.2) is 30.3 Å². The molecule has 7 heteroatoms. The second-order valence-corrected chi connectivity index (χ2v) is 4.77. The highest BCUT2D eigenvalue weighted by Crippen LogP contribution is 2.23. The highest BCUT2D eigenvalue weighted by Gasteiger charge is 2.21. The van der Waals surface area contributed by atoms with Crippen molar-refractivity contribution in [1.82, 2.24) is 10.2 Å². The average molecular weight is 290 g/mol. The first-order valence-electron chi connectivity index (χ1n) is 6.49. The van der Waals surface area contributed by atoms with Crippen LogP contribution in [0, 0.1) is 11.6 Å². The SMILES string of the molecule is O=C(Nc1c(F)cccc1F)c1ccc(NC2CC2)nn1. The summed E-state index contributed by atoms with van der Waals surface area (Å²) >= 11 is 0. The van der Waals surface area contributed by atoms with E-state index in [9.17, 15) is 13.6 Å². The number of anilines is 2. The van der Waals surface area contributed by atoms with Gasteiger partial charge in [0.05, 0.1) is 0 Å². The molecule has 0 radical (unpaired) electrons. The second-order valence-electron chi connectivity index (χ2n) is 4.77. The lowest BCUT2D eigenvalue weighted by molar-refractivity contribution is 0.102. The van der Waals surface area contributed by atoms with Crippen molar-refractivity contribution in [2.45, 2.75) is 18.9 Å². The second kappa shape index (κ2) is 5.43. The van der Waals surface area contributed by atoms with Crippen LogP contribution in [-0.4, -0.2) is 22.1 Å². The molecule has 1 aromatic heterocycles. The van der Waals surface area contributed by atoms with Gasteiger partial charge in [-0.2, -0.15) is 0 Å². The number of carbonyl (C=O) groups excluding carboxylic acids is 1. The fourth-order valence-corrected chi connectivity index (χ4v) is 1.76. The van der Waals surface area contributed by atoms with Gasteiger partial charge in [0.25, 0.3) is 5.91 Å². The van der Waals surface area contributed by atoms with Gasteiger partial charge in [-0.3, -0.25) is 4.79 Å². The summed E-state index contributed by atoms with van der Waals surface area (Å²) in [5, 5.41) is 12.9. The molecule has 1 fully saturated rings. The quantitative estimate of drug-likeness (QED) is 0.908. The van der Waals surface area contributed by atoms with Gasteiger partial charge < -0.3 is 10.6 Å². The van der Waals surface area contributed by atoms with E-state index < -0.39 is 23.2 Å². The van der Waals surface area contributed by atoms with Gasteiger partial charge in [-0.25, -0.2) is 8.78 Å². The highest BCUT2D eigenvalue weighted by atomic mass is 19.1. The number of hydrogen-bond donors (Lipinski definition) is 2. The number of amides is 1. The Morgan fingerprint density at radius 3 is 2.38 bits per heavy atom. The number of aromatic nitrogens is 2. The third-order valence-electron chi connectivity index (χ3n) is 3.03. The number of para-hydroxylation sites is 1. The number of carbonyl (C=O) groups is 1. The van der Waals surface area contributed by atoms with Crippen LogP contribution in [0.1, 0.15) is 23.3 Å². The summed E-state index contributed by atoms with van der Waals surface area (Å²) in [6.45, 7) is 0. The van der Waals surface area contributed by atoms with E-state index in [4.69, 9.17) is 0 Å². The summed E-state index contributed by atoms with van der Waals surface area (Å²) in [4.78, 5) is 11.9. The van der Waals surface area contributed by atoms with E-state index >= 15 is 0 Å². The minimum Gasteiger partial charge on any atom is -0.366 e. The summed E-state index contributed by atoms with van der Waals surface area (Å²) in [6.07, 6.45) is 2.19. The van der Waals surface area contributed by atoms with Crippen LogP contribution in [-0.2, 0) is 0 Å². The zero-order chi connectivity index (χ0) is 14.8. The van der Waals surface area contributed by atoms with Crippen LogP contribution in [0.3, 0.4) is 0 Å². The highest BCUT2D eigenvalue weighted by molar-refractivity contribution is 6.02. The molecule has 0 spiro atoms. The molecular weight excluding hydrogens is 278 g/mol. The van der Waals surface area contributed by atoms with E-state index in [1.165, 1.54) is 12.1 Å². The lowest BCUT2D eigenvalue weighted by Crippen LogP contribution is -2.17. The van der Waals surface area contributed by atoms with Crippen molar-refractivity contribution < 1.29 is 13.6 Å².